The first-order valence-electron chi connectivity index (χ1n) is 17.3. The van der Waals surface area contributed by atoms with Gasteiger partial charge in [-0.15, -0.1) is 0 Å². The van der Waals surface area contributed by atoms with Crippen molar-refractivity contribution in [3.8, 4) is 11.4 Å². The molecular formula is C48H30N2. The Labute approximate surface area is 287 Å². The summed E-state index contributed by atoms with van der Waals surface area (Å²) >= 11 is 0. The number of hydrogen-bond acceptors (Lipinski definition) is 0. The normalized spacial score (nSPS) is 12.0. The molecule has 0 N–H and O–H groups in total. The zero-order valence-electron chi connectivity index (χ0n) is 27.2. The minimum atomic E-state index is 1.16. The summed E-state index contributed by atoms with van der Waals surface area (Å²) in [4.78, 5) is 0. The van der Waals surface area contributed by atoms with E-state index in [2.05, 4.69) is 191 Å². The zero-order chi connectivity index (χ0) is 32.8. The van der Waals surface area contributed by atoms with E-state index in [4.69, 9.17) is 0 Å². The summed E-state index contributed by atoms with van der Waals surface area (Å²) in [5, 5.41) is 17.3. The van der Waals surface area contributed by atoms with Crippen LogP contribution in [0.1, 0.15) is 0 Å². The topological polar surface area (TPSA) is 9.86 Å². The molecule has 2 heteroatoms. The van der Waals surface area contributed by atoms with Crippen LogP contribution in [0.5, 0.6) is 0 Å². The van der Waals surface area contributed by atoms with E-state index in [-0.39, 0.29) is 0 Å². The molecule has 0 radical (unpaired) electrons. The van der Waals surface area contributed by atoms with Gasteiger partial charge in [-0.1, -0.05) is 146 Å². The van der Waals surface area contributed by atoms with Crippen molar-refractivity contribution in [1.29, 1.82) is 0 Å². The van der Waals surface area contributed by atoms with Crippen LogP contribution in [-0.4, -0.2) is 9.13 Å². The van der Waals surface area contributed by atoms with Crippen molar-refractivity contribution in [2.45, 2.75) is 0 Å². The fraction of sp³-hybridized carbons (Fsp3) is 0. The van der Waals surface area contributed by atoms with Gasteiger partial charge in [0, 0.05) is 43.0 Å². The third-order valence-electron chi connectivity index (χ3n) is 10.6. The highest BCUT2D eigenvalue weighted by Gasteiger charge is 2.17. The van der Waals surface area contributed by atoms with E-state index < -0.39 is 0 Å². The van der Waals surface area contributed by atoms with Crippen molar-refractivity contribution < 1.29 is 0 Å². The van der Waals surface area contributed by atoms with E-state index in [9.17, 15) is 0 Å². The molecule has 1 aliphatic rings. The smallest absolute Gasteiger partial charge is 0.0625 e. The molecule has 0 unspecified atom stereocenters. The van der Waals surface area contributed by atoms with Crippen LogP contribution >= 0.6 is 0 Å². The number of fused-ring (bicyclic) bond motifs is 10. The van der Waals surface area contributed by atoms with E-state index in [0.29, 0.717) is 0 Å². The first-order chi connectivity index (χ1) is 24.8. The number of hydrogen-bond donors (Lipinski definition) is 0. The minimum absolute atomic E-state index is 1.16. The van der Waals surface area contributed by atoms with E-state index in [0.717, 1.165) is 11.4 Å². The molecule has 10 aromatic rings. The lowest BCUT2D eigenvalue weighted by Crippen LogP contribution is -1.99. The highest BCUT2D eigenvalue weighted by atomic mass is 15.0. The van der Waals surface area contributed by atoms with Crippen LogP contribution in [0, 0.1) is 42.0 Å². The Morgan fingerprint density at radius 2 is 0.640 bits per heavy atom. The molecule has 0 saturated heterocycles. The second-order valence-corrected chi connectivity index (χ2v) is 13.3. The standard InChI is InChI=1S/C48H30N2/c1-3-15-33-29-35(27-25-31(33)13-1)49-43-23-11-9-21-41(43)45-38-18-6-8-20-40(38)48-46(37-17-5-7-19-39(37)47(45)49)42-22-10-12-24-44(42)50(48)36-28-26-32-14-2-4-16-34(32)30-36/h1-30H. The number of benzene rings is 8. The summed E-state index contributed by atoms with van der Waals surface area (Å²) in [7, 11) is 0. The largest absolute Gasteiger partial charge is 0.309 e. The molecule has 0 amide bonds. The van der Waals surface area contributed by atoms with Gasteiger partial charge in [0.1, 0.15) is 0 Å². The maximum Gasteiger partial charge on any atom is 0.0625 e. The van der Waals surface area contributed by atoms with E-state index in [1.807, 2.05) is 0 Å². The van der Waals surface area contributed by atoms with Crippen molar-refractivity contribution >= 4 is 43.4 Å². The van der Waals surface area contributed by atoms with Crippen LogP contribution in [0.3, 0.4) is 0 Å². The maximum atomic E-state index is 2.50. The van der Waals surface area contributed by atoms with Gasteiger partial charge in [0.2, 0.25) is 0 Å². The Morgan fingerprint density at radius 3 is 1.10 bits per heavy atom. The first-order valence-corrected chi connectivity index (χ1v) is 17.3. The van der Waals surface area contributed by atoms with Gasteiger partial charge in [-0.3, -0.25) is 0 Å². The number of aromatic nitrogens is 2. The lowest BCUT2D eigenvalue weighted by atomic mass is 10.1. The average Bonchev–Trinajstić information content (AvgIpc) is 3.70. The summed E-state index contributed by atoms with van der Waals surface area (Å²) in [5.74, 6) is 0. The Kier molecular flexibility index (Phi) is 5.70. The van der Waals surface area contributed by atoms with Crippen molar-refractivity contribution in [3.63, 3.8) is 0 Å². The van der Waals surface area contributed by atoms with Crippen LogP contribution in [0.4, 0.5) is 0 Å². The Bertz CT molecular complexity index is 3210. The molecule has 50 heavy (non-hydrogen) atoms. The van der Waals surface area contributed by atoms with Crippen LogP contribution in [-0.2, 0) is 0 Å². The predicted molar refractivity (Wildman–Crippen MR) is 205 cm³/mol. The second kappa shape index (κ2) is 10.4. The highest BCUT2D eigenvalue weighted by molar-refractivity contribution is 5.89. The van der Waals surface area contributed by atoms with Gasteiger partial charge in [0.15, 0.2) is 0 Å². The van der Waals surface area contributed by atoms with Gasteiger partial charge < -0.3 is 9.13 Å². The summed E-state index contributed by atoms with van der Waals surface area (Å²) in [5.41, 5.74) is 4.72. The first kappa shape index (κ1) is 27.3. The zero-order valence-corrected chi connectivity index (χ0v) is 27.2. The van der Waals surface area contributed by atoms with Crippen molar-refractivity contribution in [1.82, 2.24) is 9.13 Å². The molecule has 8 aromatic carbocycles. The monoisotopic (exact) mass is 634 g/mol. The molecule has 0 bridgehead atoms. The van der Waals surface area contributed by atoms with Crippen LogP contribution in [0.2, 0.25) is 0 Å². The third-order valence-corrected chi connectivity index (χ3v) is 10.6. The SMILES string of the molecule is c1ccc2c(c1)=c1c(n(-c3ccc4ccccc4c3)c3ccccc13)=c1ccccc1=c1c=2n(-c2ccc3ccccc3c2)c2ccccc12. The highest BCUT2D eigenvalue weighted by Crippen LogP contribution is 2.32. The third kappa shape index (κ3) is 3.79. The molecule has 2 aromatic heterocycles. The summed E-state index contributed by atoms with van der Waals surface area (Å²) in [6, 6.07) is 67.0. The lowest BCUT2D eigenvalue weighted by molar-refractivity contribution is 1.04. The van der Waals surface area contributed by atoms with Crippen LogP contribution in [0.25, 0.3) is 54.7 Å². The van der Waals surface area contributed by atoms with E-state index in [1.165, 1.54) is 85.4 Å². The minimum Gasteiger partial charge on any atom is -0.309 e. The number of nitrogens with zero attached hydrogens (tertiary/aromatic N) is 2. The van der Waals surface area contributed by atoms with Gasteiger partial charge >= 0.3 is 0 Å². The molecule has 0 saturated carbocycles. The molecular weight excluding hydrogens is 605 g/mol. The van der Waals surface area contributed by atoms with E-state index in [1.54, 1.807) is 0 Å². The van der Waals surface area contributed by atoms with Gasteiger partial charge in [0.25, 0.3) is 0 Å². The molecule has 0 atom stereocenters. The molecule has 2 nitrogen and oxygen atoms in total. The summed E-state index contributed by atoms with van der Waals surface area (Å²) in [6.45, 7) is 0. The predicted octanol–water partition coefficient (Wildman–Crippen LogP) is 11.3. The molecule has 0 aliphatic heterocycles. The van der Waals surface area contributed by atoms with E-state index >= 15 is 0 Å². The van der Waals surface area contributed by atoms with Crippen molar-refractivity contribution in [3.05, 3.63) is 224 Å². The van der Waals surface area contributed by atoms with Crippen LogP contribution in [0.15, 0.2) is 182 Å². The fourth-order valence-corrected chi connectivity index (χ4v) is 8.52. The molecule has 232 valence electrons. The van der Waals surface area contributed by atoms with Crippen molar-refractivity contribution in [2.75, 3.05) is 0 Å². The fourth-order valence-electron chi connectivity index (χ4n) is 8.52. The quantitative estimate of drug-likeness (QED) is 0.179. The summed E-state index contributed by atoms with van der Waals surface area (Å²) in [6.07, 6.45) is 0. The number of rotatable bonds is 2. The van der Waals surface area contributed by atoms with Gasteiger partial charge in [-0.05, 0) is 68.4 Å². The number of para-hydroxylation sites is 2. The lowest BCUT2D eigenvalue weighted by Gasteiger charge is -2.10. The molecule has 0 spiro atoms. The molecule has 1 aliphatic carbocycles. The average molecular weight is 635 g/mol. The maximum absolute atomic E-state index is 2.50. The summed E-state index contributed by atoms with van der Waals surface area (Å²) < 4.78 is 5.00. The second-order valence-electron chi connectivity index (χ2n) is 13.3. The molecule has 2 heterocycles. The Hall–Kier alpha value is -6.64. The van der Waals surface area contributed by atoms with Crippen molar-refractivity contribution in [2.24, 2.45) is 0 Å². The van der Waals surface area contributed by atoms with Gasteiger partial charge in [0.05, 0.1) is 21.7 Å². The Morgan fingerprint density at radius 1 is 0.280 bits per heavy atom. The van der Waals surface area contributed by atoms with Crippen LogP contribution < -0.4 is 0 Å². The molecule has 11 rings (SSSR count). The van der Waals surface area contributed by atoms with Gasteiger partial charge in [-0.25, -0.2) is 0 Å². The Balaban J connectivity index is 1.50. The van der Waals surface area contributed by atoms with Gasteiger partial charge in [-0.2, -0.15) is 0 Å². The molecule has 0 fully saturated rings.